The van der Waals surface area contributed by atoms with Crippen molar-refractivity contribution >= 4 is 17.1 Å². The standard InChI is InChI=1S/C24H24FN5O3/c1-3-28-15-26-22-21(28)23(32)30(24(33)29(22)13-17-9-5-4-6-10-17)14-20(31)27-16(2)18-11-7-8-12-19(18)25/h4-12,15-16H,3,13-14H2,1-2H3,(H,27,31)/t16-/m1/s1. The number of aromatic nitrogens is 4. The highest BCUT2D eigenvalue weighted by Crippen LogP contribution is 2.16. The Morgan fingerprint density at radius 3 is 2.45 bits per heavy atom. The van der Waals surface area contributed by atoms with Crippen LogP contribution in [-0.4, -0.2) is 24.6 Å². The third kappa shape index (κ3) is 4.34. The van der Waals surface area contributed by atoms with E-state index >= 15 is 0 Å². The first kappa shape index (κ1) is 22.2. The number of aryl methyl sites for hydroxylation is 1. The van der Waals surface area contributed by atoms with Gasteiger partial charge in [-0.25, -0.2) is 18.7 Å². The lowest BCUT2D eigenvalue weighted by molar-refractivity contribution is -0.122. The maximum atomic E-state index is 14.1. The minimum atomic E-state index is -0.633. The molecule has 170 valence electrons. The molecule has 0 saturated heterocycles. The van der Waals surface area contributed by atoms with E-state index < -0.39 is 35.6 Å². The van der Waals surface area contributed by atoms with Crippen molar-refractivity contribution in [3.8, 4) is 0 Å². The Morgan fingerprint density at radius 2 is 1.76 bits per heavy atom. The number of nitrogens with zero attached hydrogens (tertiary/aromatic N) is 4. The van der Waals surface area contributed by atoms with Crippen LogP contribution in [0.2, 0.25) is 0 Å². The minimum Gasteiger partial charge on any atom is -0.348 e. The maximum Gasteiger partial charge on any atom is 0.333 e. The van der Waals surface area contributed by atoms with Gasteiger partial charge in [0.25, 0.3) is 5.56 Å². The fourth-order valence-electron chi connectivity index (χ4n) is 3.86. The molecule has 33 heavy (non-hydrogen) atoms. The largest absolute Gasteiger partial charge is 0.348 e. The van der Waals surface area contributed by atoms with Crippen molar-refractivity contribution in [1.29, 1.82) is 0 Å². The summed E-state index contributed by atoms with van der Waals surface area (Å²) in [6.07, 6.45) is 1.51. The highest BCUT2D eigenvalue weighted by Gasteiger charge is 2.21. The second-order valence-corrected chi connectivity index (χ2v) is 7.76. The lowest BCUT2D eigenvalue weighted by Gasteiger charge is -2.16. The Balaban J connectivity index is 1.72. The minimum absolute atomic E-state index is 0.199. The highest BCUT2D eigenvalue weighted by atomic mass is 19.1. The van der Waals surface area contributed by atoms with Crippen molar-refractivity contribution in [2.75, 3.05) is 0 Å². The van der Waals surface area contributed by atoms with Crippen LogP contribution in [-0.2, 0) is 24.4 Å². The zero-order chi connectivity index (χ0) is 23.5. The third-order valence-corrected chi connectivity index (χ3v) is 5.56. The number of carbonyl (C=O) groups is 1. The van der Waals surface area contributed by atoms with Crippen LogP contribution >= 0.6 is 0 Å². The van der Waals surface area contributed by atoms with E-state index in [1.54, 1.807) is 29.7 Å². The summed E-state index contributed by atoms with van der Waals surface area (Å²) in [5.41, 5.74) is 0.475. The highest BCUT2D eigenvalue weighted by molar-refractivity contribution is 5.77. The normalized spacial score (nSPS) is 12.1. The number of nitrogens with one attached hydrogen (secondary N) is 1. The molecule has 4 aromatic rings. The van der Waals surface area contributed by atoms with E-state index in [2.05, 4.69) is 10.3 Å². The number of hydrogen-bond acceptors (Lipinski definition) is 4. The third-order valence-electron chi connectivity index (χ3n) is 5.56. The van der Waals surface area contributed by atoms with Crippen LogP contribution in [0.25, 0.3) is 11.2 Å². The summed E-state index contributed by atoms with van der Waals surface area (Å²) in [5.74, 6) is -1.01. The van der Waals surface area contributed by atoms with Gasteiger partial charge >= 0.3 is 5.69 Å². The first-order chi connectivity index (χ1) is 15.9. The molecular weight excluding hydrogens is 425 g/mol. The zero-order valence-electron chi connectivity index (χ0n) is 18.4. The van der Waals surface area contributed by atoms with Crippen LogP contribution < -0.4 is 16.6 Å². The number of benzene rings is 2. The quantitative estimate of drug-likeness (QED) is 0.469. The molecule has 0 aliphatic heterocycles. The summed E-state index contributed by atoms with van der Waals surface area (Å²) < 4.78 is 18.0. The molecular formula is C24H24FN5O3. The van der Waals surface area contributed by atoms with E-state index in [9.17, 15) is 18.8 Å². The van der Waals surface area contributed by atoms with Crippen molar-refractivity contribution in [3.63, 3.8) is 0 Å². The molecule has 9 heteroatoms. The number of rotatable bonds is 7. The van der Waals surface area contributed by atoms with Crippen molar-refractivity contribution in [2.45, 2.75) is 39.5 Å². The lowest BCUT2D eigenvalue weighted by atomic mass is 10.1. The molecule has 0 fully saturated rings. The topological polar surface area (TPSA) is 90.9 Å². The average molecular weight is 449 g/mol. The Kier molecular flexibility index (Phi) is 6.21. The van der Waals surface area contributed by atoms with Gasteiger partial charge in [0.05, 0.1) is 18.9 Å². The Hall–Kier alpha value is -4.01. The smallest absolute Gasteiger partial charge is 0.333 e. The van der Waals surface area contributed by atoms with Gasteiger partial charge in [-0.2, -0.15) is 0 Å². The van der Waals surface area contributed by atoms with Crippen LogP contribution in [0.3, 0.4) is 0 Å². The van der Waals surface area contributed by atoms with Gasteiger partial charge in [0.2, 0.25) is 5.91 Å². The Bertz CT molecular complexity index is 1420. The van der Waals surface area contributed by atoms with Gasteiger partial charge in [0.15, 0.2) is 11.2 Å². The molecule has 0 unspecified atom stereocenters. The molecule has 2 aromatic heterocycles. The second-order valence-electron chi connectivity index (χ2n) is 7.76. The average Bonchev–Trinajstić information content (AvgIpc) is 3.24. The maximum absolute atomic E-state index is 14.1. The summed E-state index contributed by atoms with van der Waals surface area (Å²) in [5, 5.41) is 2.67. The lowest BCUT2D eigenvalue weighted by Crippen LogP contribution is -2.44. The van der Waals surface area contributed by atoms with Crippen LogP contribution in [0.5, 0.6) is 0 Å². The zero-order valence-corrected chi connectivity index (χ0v) is 18.4. The van der Waals surface area contributed by atoms with E-state index in [0.717, 1.165) is 10.1 Å². The van der Waals surface area contributed by atoms with Crippen LogP contribution in [0.1, 0.15) is 31.0 Å². The van der Waals surface area contributed by atoms with E-state index in [1.807, 2.05) is 37.3 Å². The fraction of sp³-hybridized carbons (Fsp3) is 0.250. The van der Waals surface area contributed by atoms with Crippen molar-refractivity contribution < 1.29 is 9.18 Å². The predicted molar refractivity (Wildman–Crippen MR) is 122 cm³/mol. The van der Waals surface area contributed by atoms with E-state index in [0.29, 0.717) is 12.1 Å². The summed E-state index contributed by atoms with van der Waals surface area (Å²) in [7, 11) is 0. The van der Waals surface area contributed by atoms with E-state index in [-0.39, 0.29) is 17.7 Å². The van der Waals surface area contributed by atoms with Gasteiger partial charge in [0.1, 0.15) is 12.4 Å². The molecule has 2 aromatic carbocycles. The first-order valence-corrected chi connectivity index (χ1v) is 10.7. The van der Waals surface area contributed by atoms with Gasteiger partial charge in [0, 0.05) is 12.1 Å². The fourth-order valence-corrected chi connectivity index (χ4v) is 3.86. The molecule has 1 N–H and O–H groups in total. The summed E-state index contributed by atoms with van der Waals surface area (Å²) in [6.45, 7) is 3.69. The predicted octanol–water partition coefficient (Wildman–Crippen LogP) is 2.44. The molecule has 4 rings (SSSR count). The number of amides is 1. The monoisotopic (exact) mass is 449 g/mol. The van der Waals surface area contributed by atoms with Crippen LogP contribution in [0.4, 0.5) is 4.39 Å². The molecule has 0 aliphatic carbocycles. The van der Waals surface area contributed by atoms with Crippen molar-refractivity contribution in [1.82, 2.24) is 24.0 Å². The number of imidazole rings is 1. The van der Waals surface area contributed by atoms with Gasteiger partial charge in [-0.1, -0.05) is 48.5 Å². The van der Waals surface area contributed by atoms with Crippen LogP contribution in [0, 0.1) is 5.82 Å². The molecule has 8 nitrogen and oxygen atoms in total. The van der Waals surface area contributed by atoms with Gasteiger partial charge in [-0.05, 0) is 25.5 Å². The number of carbonyl (C=O) groups excluding carboxylic acids is 1. The number of hydrogen-bond donors (Lipinski definition) is 1. The summed E-state index contributed by atoms with van der Waals surface area (Å²) >= 11 is 0. The molecule has 2 heterocycles. The van der Waals surface area contributed by atoms with E-state index in [4.69, 9.17) is 0 Å². The summed E-state index contributed by atoms with van der Waals surface area (Å²) in [4.78, 5) is 43.5. The first-order valence-electron chi connectivity index (χ1n) is 10.7. The molecule has 0 spiro atoms. The molecule has 0 radical (unpaired) electrons. The molecule has 0 bridgehead atoms. The van der Waals surface area contributed by atoms with Crippen molar-refractivity contribution in [3.05, 3.63) is 98.7 Å². The van der Waals surface area contributed by atoms with Gasteiger partial charge in [-0.15, -0.1) is 0 Å². The van der Waals surface area contributed by atoms with Gasteiger partial charge in [-0.3, -0.25) is 14.2 Å². The number of fused-ring (bicyclic) bond motifs is 1. The Morgan fingerprint density at radius 1 is 1.06 bits per heavy atom. The SMILES string of the molecule is CCn1cnc2c1c(=O)n(CC(=O)N[C@H](C)c1ccccc1F)c(=O)n2Cc1ccccc1. The molecule has 1 atom stereocenters. The van der Waals surface area contributed by atoms with Crippen molar-refractivity contribution in [2.24, 2.45) is 0 Å². The molecule has 1 amide bonds. The summed E-state index contributed by atoms with van der Waals surface area (Å²) in [6, 6.07) is 14.8. The molecule has 0 saturated carbocycles. The van der Waals surface area contributed by atoms with Crippen LogP contribution in [0.15, 0.2) is 70.5 Å². The number of halogens is 1. The molecule has 0 aliphatic rings. The van der Waals surface area contributed by atoms with Gasteiger partial charge < -0.3 is 9.88 Å². The Labute approximate surface area is 188 Å². The van der Waals surface area contributed by atoms with E-state index in [1.165, 1.54) is 17.0 Å². The second kappa shape index (κ2) is 9.23.